The number of unbranched alkanes of at least 4 members (excludes halogenated alkanes) is 1. The van der Waals surface area contributed by atoms with Crippen LogP contribution in [-0.4, -0.2) is 56.4 Å². The summed E-state index contributed by atoms with van der Waals surface area (Å²) in [5.74, 6) is 2.01. The van der Waals surface area contributed by atoms with Crippen molar-refractivity contribution in [3.63, 3.8) is 0 Å². The standard InChI is InChI=1S/C20H33N3O2/c1-3-21-20(22-14-8-9-17-24-4-2)23-15-12-19(13-16-23)25-18-10-6-5-7-11-18/h5-7,10-11,19H,3-4,8-9,12-17H2,1-2H3,(H,21,22). The molecule has 1 aromatic rings. The molecule has 1 aliphatic rings. The van der Waals surface area contributed by atoms with Crippen LogP contribution in [0.15, 0.2) is 35.3 Å². The molecule has 0 spiro atoms. The molecule has 140 valence electrons. The average molecular weight is 348 g/mol. The number of hydrogen-bond acceptors (Lipinski definition) is 3. The van der Waals surface area contributed by atoms with Gasteiger partial charge in [0.15, 0.2) is 5.96 Å². The van der Waals surface area contributed by atoms with Crippen molar-refractivity contribution in [3.8, 4) is 5.75 Å². The Hall–Kier alpha value is -1.75. The Morgan fingerprint density at radius 3 is 2.60 bits per heavy atom. The van der Waals surface area contributed by atoms with E-state index in [0.717, 1.165) is 76.8 Å². The fraction of sp³-hybridized carbons (Fsp3) is 0.650. The molecule has 0 saturated carbocycles. The molecule has 0 atom stereocenters. The molecule has 5 nitrogen and oxygen atoms in total. The van der Waals surface area contributed by atoms with Crippen molar-refractivity contribution < 1.29 is 9.47 Å². The van der Waals surface area contributed by atoms with Crippen LogP contribution < -0.4 is 10.1 Å². The van der Waals surface area contributed by atoms with Gasteiger partial charge < -0.3 is 19.7 Å². The molecular formula is C20H33N3O2. The van der Waals surface area contributed by atoms with Crippen LogP contribution in [0, 0.1) is 0 Å². The van der Waals surface area contributed by atoms with Crippen LogP contribution in [0.3, 0.4) is 0 Å². The zero-order chi connectivity index (χ0) is 17.7. The van der Waals surface area contributed by atoms with Gasteiger partial charge in [0.2, 0.25) is 0 Å². The van der Waals surface area contributed by atoms with Gasteiger partial charge in [-0.15, -0.1) is 0 Å². The molecular weight excluding hydrogens is 314 g/mol. The molecule has 2 rings (SSSR count). The Balaban J connectivity index is 1.75. The van der Waals surface area contributed by atoms with E-state index >= 15 is 0 Å². The van der Waals surface area contributed by atoms with Crippen molar-refractivity contribution in [3.05, 3.63) is 30.3 Å². The molecule has 1 N–H and O–H groups in total. The largest absolute Gasteiger partial charge is 0.490 e. The molecule has 5 heteroatoms. The van der Waals surface area contributed by atoms with E-state index in [1.54, 1.807) is 0 Å². The predicted octanol–water partition coefficient (Wildman–Crippen LogP) is 3.31. The fourth-order valence-electron chi connectivity index (χ4n) is 2.95. The third-order valence-corrected chi connectivity index (χ3v) is 4.28. The zero-order valence-electron chi connectivity index (χ0n) is 15.7. The Morgan fingerprint density at radius 2 is 1.92 bits per heavy atom. The summed E-state index contributed by atoms with van der Waals surface area (Å²) in [6.45, 7) is 9.53. The summed E-state index contributed by atoms with van der Waals surface area (Å²) in [6.07, 6.45) is 4.51. The Labute approximate surface area is 152 Å². The normalized spacial score (nSPS) is 16.1. The van der Waals surface area contributed by atoms with Crippen molar-refractivity contribution in [2.45, 2.75) is 45.6 Å². The highest BCUT2D eigenvalue weighted by atomic mass is 16.5. The van der Waals surface area contributed by atoms with Gasteiger partial charge in [0, 0.05) is 52.2 Å². The van der Waals surface area contributed by atoms with Gasteiger partial charge in [0.25, 0.3) is 0 Å². The van der Waals surface area contributed by atoms with Crippen LogP contribution in [0.5, 0.6) is 5.75 Å². The number of guanidine groups is 1. The molecule has 1 heterocycles. The van der Waals surface area contributed by atoms with Crippen molar-refractivity contribution in [2.75, 3.05) is 39.4 Å². The highest BCUT2D eigenvalue weighted by Crippen LogP contribution is 2.18. The molecule has 0 aliphatic carbocycles. The SMILES string of the molecule is CCNC(=NCCCCOCC)N1CCC(Oc2ccccc2)CC1. The van der Waals surface area contributed by atoms with Gasteiger partial charge in [-0.25, -0.2) is 0 Å². The highest BCUT2D eigenvalue weighted by molar-refractivity contribution is 5.80. The second-order valence-electron chi connectivity index (χ2n) is 6.26. The van der Waals surface area contributed by atoms with E-state index < -0.39 is 0 Å². The first-order chi connectivity index (χ1) is 12.3. The third-order valence-electron chi connectivity index (χ3n) is 4.28. The summed E-state index contributed by atoms with van der Waals surface area (Å²) in [4.78, 5) is 7.14. The maximum Gasteiger partial charge on any atom is 0.193 e. The number of benzene rings is 1. The molecule has 0 amide bonds. The Kier molecular flexibility index (Phi) is 9.19. The van der Waals surface area contributed by atoms with E-state index in [2.05, 4.69) is 17.1 Å². The lowest BCUT2D eigenvalue weighted by molar-refractivity contribution is 0.129. The quantitative estimate of drug-likeness (QED) is 0.423. The molecule has 1 aromatic carbocycles. The van der Waals surface area contributed by atoms with Crippen LogP contribution in [0.2, 0.25) is 0 Å². The van der Waals surface area contributed by atoms with Crippen molar-refractivity contribution in [1.29, 1.82) is 0 Å². The summed E-state index contributed by atoms with van der Waals surface area (Å²) in [6, 6.07) is 10.1. The molecule has 0 aromatic heterocycles. The second-order valence-corrected chi connectivity index (χ2v) is 6.26. The molecule has 0 unspecified atom stereocenters. The maximum absolute atomic E-state index is 6.08. The van der Waals surface area contributed by atoms with Crippen molar-refractivity contribution >= 4 is 5.96 Å². The first kappa shape index (κ1) is 19.6. The minimum atomic E-state index is 0.299. The summed E-state index contributed by atoms with van der Waals surface area (Å²) >= 11 is 0. The minimum Gasteiger partial charge on any atom is -0.490 e. The van der Waals surface area contributed by atoms with E-state index in [-0.39, 0.29) is 0 Å². The van der Waals surface area contributed by atoms with E-state index in [1.165, 1.54) is 0 Å². The van der Waals surface area contributed by atoms with Gasteiger partial charge in [0.05, 0.1) is 0 Å². The monoisotopic (exact) mass is 347 g/mol. The Morgan fingerprint density at radius 1 is 1.16 bits per heavy atom. The molecule has 1 fully saturated rings. The van der Waals surface area contributed by atoms with Crippen molar-refractivity contribution in [2.24, 2.45) is 4.99 Å². The number of aliphatic imine (C=N–C) groups is 1. The second kappa shape index (κ2) is 11.7. The number of rotatable bonds is 9. The lowest BCUT2D eigenvalue weighted by atomic mass is 10.1. The smallest absolute Gasteiger partial charge is 0.193 e. The van der Waals surface area contributed by atoms with Gasteiger partial charge in [-0.1, -0.05) is 18.2 Å². The van der Waals surface area contributed by atoms with Gasteiger partial charge >= 0.3 is 0 Å². The van der Waals surface area contributed by atoms with Crippen LogP contribution in [0.1, 0.15) is 39.5 Å². The lowest BCUT2D eigenvalue weighted by Gasteiger charge is -2.34. The highest BCUT2D eigenvalue weighted by Gasteiger charge is 2.22. The third kappa shape index (κ3) is 7.34. The fourth-order valence-corrected chi connectivity index (χ4v) is 2.95. The zero-order valence-corrected chi connectivity index (χ0v) is 15.7. The predicted molar refractivity (Wildman–Crippen MR) is 103 cm³/mol. The van der Waals surface area contributed by atoms with Gasteiger partial charge in [-0.3, -0.25) is 4.99 Å². The number of nitrogens with zero attached hydrogens (tertiary/aromatic N) is 2. The van der Waals surface area contributed by atoms with E-state index in [4.69, 9.17) is 14.5 Å². The average Bonchev–Trinajstić information content (AvgIpc) is 2.65. The first-order valence-corrected chi connectivity index (χ1v) is 9.66. The summed E-state index contributed by atoms with van der Waals surface area (Å²) in [7, 11) is 0. The molecule has 1 saturated heterocycles. The molecule has 0 radical (unpaired) electrons. The number of para-hydroxylation sites is 1. The van der Waals surface area contributed by atoms with E-state index in [1.807, 2.05) is 37.3 Å². The molecule has 1 aliphatic heterocycles. The molecule has 0 bridgehead atoms. The van der Waals surface area contributed by atoms with E-state index in [9.17, 15) is 0 Å². The summed E-state index contributed by atoms with van der Waals surface area (Å²) in [5.41, 5.74) is 0. The van der Waals surface area contributed by atoms with Crippen LogP contribution in [-0.2, 0) is 4.74 Å². The number of likely N-dealkylation sites (tertiary alicyclic amines) is 1. The van der Waals surface area contributed by atoms with Crippen molar-refractivity contribution in [1.82, 2.24) is 10.2 Å². The maximum atomic E-state index is 6.08. The summed E-state index contributed by atoms with van der Waals surface area (Å²) in [5, 5.41) is 3.42. The molecule has 25 heavy (non-hydrogen) atoms. The number of nitrogens with one attached hydrogen (secondary N) is 1. The number of hydrogen-bond donors (Lipinski definition) is 1. The first-order valence-electron chi connectivity index (χ1n) is 9.66. The van der Waals surface area contributed by atoms with Gasteiger partial charge in [-0.05, 0) is 38.8 Å². The topological polar surface area (TPSA) is 46.1 Å². The lowest BCUT2D eigenvalue weighted by Crippen LogP contribution is -2.47. The van der Waals surface area contributed by atoms with Crippen LogP contribution in [0.4, 0.5) is 0 Å². The van der Waals surface area contributed by atoms with Crippen LogP contribution in [0.25, 0.3) is 0 Å². The van der Waals surface area contributed by atoms with Crippen LogP contribution >= 0.6 is 0 Å². The van der Waals surface area contributed by atoms with E-state index in [0.29, 0.717) is 6.10 Å². The number of ether oxygens (including phenoxy) is 2. The van der Waals surface area contributed by atoms with Gasteiger partial charge in [0.1, 0.15) is 11.9 Å². The minimum absolute atomic E-state index is 0.299. The summed E-state index contributed by atoms with van der Waals surface area (Å²) < 4.78 is 11.5. The Bertz CT molecular complexity index is 485. The number of piperidine rings is 1. The van der Waals surface area contributed by atoms with Gasteiger partial charge in [-0.2, -0.15) is 0 Å².